The molecule has 0 bridgehead atoms. The number of nitrogens with one attached hydrogen (secondary N) is 1. The highest BCUT2D eigenvalue weighted by molar-refractivity contribution is 5.78. The van der Waals surface area contributed by atoms with E-state index in [1.807, 2.05) is 36.7 Å². The molecular formula is C18H25N5O2. The van der Waals surface area contributed by atoms with Gasteiger partial charge in [0.05, 0.1) is 32.3 Å². The van der Waals surface area contributed by atoms with Gasteiger partial charge < -0.3 is 10.1 Å². The van der Waals surface area contributed by atoms with E-state index in [1.54, 1.807) is 6.33 Å². The molecule has 1 saturated heterocycles. The van der Waals surface area contributed by atoms with Gasteiger partial charge in [-0.25, -0.2) is 9.67 Å². The van der Waals surface area contributed by atoms with Gasteiger partial charge in [-0.2, -0.15) is 5.10 Å². The normalized spacial score (nSPS) is 18.4. The van der Waals surface area contributed by atoms with Crippen LogP contribution in [-0.4, -0.2) is 57.9 Å². The fraction of sp³-hybridized carbons (Fsp3) is 0.500. The Bertz CT molecular complexity index is 686. The first-order valence-electron chi connectivity index (χ1n) is 8.66. The fourth-order valence-corrected chi connectivity index (χ4v) is 2.93. The van der Waals surface area contributed by atoms with Crippen LogP contribution in [0.5, 0.6) is 0 Å². The van der Waals surface area contributed by atoms with Gasteiger partial charge in [0.25, 0.3) is 0 Å². The molecule has 0 saturated carbocycles. The number of morpholine rings is 1. The van der Waals surface area contributed by atoms with Crippen molar-refractivity contribution in [2.75, 3.05) is 26.3 Å². The van der Waals surface area contributed by atoms with Crippen molar-refractivity contribution >= 4 is 5.91 Å². The first-order valence-corrected chi connectivity index (χ1v) is 8.66. The van der Waals surface area contributed by atoms with Crippen molar-refractivity contribution in [3.63, 3.8) is 0 Å². The first kappa shape index (κ1) is 17.6. The third-order valence-electron chi connectivity index (χ3n) is 4.08. The van der Waals surface area contributed by atoms with Gasteiger partial charge in [-0.1, -0.05) is 30.3 Å². The van der Waals surface area contributed by atoms with Gasteiger partial charge in [0.2, 0.25) is 5.91 Å². The Morgan fingerprint density at radius 1 is 1.36 bits per heavy atom. The number of rotatable bonds is 6. The second-order valence-electron chi connectivity index (χ2n) is 6.57. The molecule has 0 aliphatic carbocycles. The molecule has 3 rings (SSSR count). The van der Waals surface area contributed by atoms with E-state index >= 15 is 0 Å². The maximum Gasteiger partial charge on any atom is 0.234 e. The Balaban J connectivity index is 1.67. The van der Waals surface area contributed by atoms with Gasteiger partial charge in [-0.05, 0) is 19.4 Å². The Hall–Kier alpha value is -2.25. The van der Waals surface area contributed by atoms with E-state index in [0.29, 0.717) is 38.7 Å². The molecule has 1 aliphatic heterocycles. The number of benzene rings is 1. The zero-order valence-electron chi connectivity index (χ0n) is 14.8. The van der Waals surface area contributed by atoms with Gasteiger partial charge >= 0.3 is 0 Å². The number of ether oxygens (including phenoxy) is 1. The number of hydrogen-bond acceptors (Lipinski definition) is 5. The molecule has 7 nitrogen and oxygen atoms in total. The first-order chi connectivity index (χ1) is 12.1. The molecule has 1 amide bonds. The molecule has 1 aromatic heterocycles. The van der Waals surface area contributed by atoms with Crippen molar-refractivity contribution < 1.29 is 9.53 Å². The molecule has 1 atom stereocenters. The van der Waals surface area contributed by atoms with Crippen molar-refractivity contribution in [1.29, 1.82) is 0 Å². The number of hydrogen-bond donors (Lipinski definition) is 1. The Labute approximate surface area is 148 Å². The lowest BCUT2D eigenvalue weighted by Crippen LogP contribution is -2.46. The minimum absolute atomic E-state index is 0.0191. The monoisotopic (exact) mass is 343 g/mol. The van der Waals surface area contributed by atoms with Crippen molar-refractivity contribution in [2.24, 2.45) is 0 Å². The number of nitrogens with zero attached hydrogens (tertiary/aromatic N) is 4. The van der Waals surface area contributed by atoms with E-state index in [1.165, 1.54) is 5.56 Å². The van der Waals surface area contributed by atoms with Crippen LogP contribution in [0.1, 0.15) is 31.3 Å². The Morgan fingerprint density at radius 3 is 2.92 bits per heavy atom. The summed E-state index contributed by atoms with van der Waals surface area (Å²) in [4.78, 5) is 18.6. The van der Waals surface area contributed by atoms with Crippen molar-refractivity contribution in [3.05, 3.63) is 48.0 Å². The molecule has 1 fully saturated rings. The predicted molar refractivity (Wildman–Crippen MR) is 94.0 cm³/mol. The Morgan fingerprint density at radius 2 is 2.16 bits per heavy atom. The van der Waals surface area contributed by atoms with E-state index in [9.17, 15) is 4.79 Å². The topological polar surface area (TPSA) is 72.3 Å². The smallest absolute Gasteiger partial charge is 0.234 e. The molecule has 7 heteroatoms. The zero-order chi connectivity index (χ0) is 17.6. The fourth-order valence-electron chi connectivity index (χ4n) is 2.93. The van der Waals surface area contributed by atoms with Crippen molar-refractivity contribution in [1.82, 2.24) is 25.0 Å². The lowest BCUT2D eigenvalue weighted by Gasteiger charge is -2.33. The molecule has 2 aromatic rings. The summed E-state index contributed by atoms with van der Waals surface area (Å²) in [7, 11) is 0. The largest absolute Gasteiger partial charge is 0.378 e. The van der Waals surface area contributed by atoms with Gasteiger partial charge in [-0.15, -0.1) is 0 Å². The lowest BCUT2D eigenvalue weighted by molar-refractivity contribution is -0.125. The van der Waals surface area contributed by atoms with Crippen molar-refractivity contribution in [3.8, 4) is 0 Å². The number of carbonyl (C=O) groups excluding carboxylic acids is 1. The molecule has 25 heavy (non-hydrogen) atoms. The molecule has 1 N–H and O–H groups in total. The summed E-state index contributed by atoms with van der Waals surface area (Å²) in [6, 6.07) is 10.2. The van der Waals surface area contributed by atoms with Crippen LogP contribution < -0.4 is 5.32 Å². The van der Waals surface area contributed by atoms with E-state index < -0.39 is 0 Å². The molecule has 0 radical (unpaired) electrons. The Kier molecular flexibility index (Phi) is 5.78. The highest BCUT2D eigenvalue weighted by atomic mass is 16.5. The highest BCUT2D eigenvalue weighted by Gasteiger charge is 2.29. The van der Waals surface area contributed by atoms with E-state index in [4.69, 9.17) is 4.74 Å². The van der Waals surface area contributed by atoms with Crippen LogP contribution in [0.2, 0.25) is 0 Å². The van der Waals surface area contributed by atoms with Crippen LogP contribution in [-0.2, 0) is 16.1 Å². The standard InChI is InChI=1S/C18H25N5O2/c1-14(2)20-17(24)11-22-8-9-25-12-16(22)18-19-13-23(21-18)10-15-6-4-3-5-7-15/h3-7,13-14,16H,8-12H2,1-2H3,(H,20,24). The summed E-state index contributed by atoms with van der Waals surface area (Å²) >= 11 is 0. The summed E-state index contributed by atoms with van der Waals surface area (Å²) in [5.74, 6) is 0.721. The maximum atomic E-state index is 12.1. The zero-order valence-corrected chi connectivity index (χ0v) is 14.8. The van der Waals surface area contributed by atoms with E-state index in [0.717, 1.165) is 0 Å². The van der Waals surface area contributed by atoms with E-state index in [2.05, 4.69) is 32.4 Å². The number of aromatic nitrogens is 3. The lowest BCUT2D eigenvalue weighted by atomic mass is 10.2. The second-order valence-corrected chi connectivity index (χ2v) is 6.57. The van der Waals surface area contributed by atoms with Gasteiger partial charge in [0.15, 0.2) is 5.82 Å². The van der Waals surface area contributed by atoms with Crippen LogP contribution >= 0.6 is 0 Å². The van der Waals surface area contributed by atoms with Crippen LogP contribution in [0.15, 0.2) is 36.7 Å². The number of carbonyl (C=O) groups is 1. The predicted octanol–water partition coefficient (Wildman–Crippen LogP) is 1.22. The summed E-state index contributed by atoms with van der Waals surface area (Å²) in [6.07, 6.45) is 1.74. The summed E-state index contributed by atoms with van der Waals surface area (Å²) < 4.78 is 7.42. The minimum Gasteiger partial charge on any atom is -0.378 e. The molecule has 0 spiro atoms. The number of amides is 1. The summed E-state index contributed by atoms with van der Waals surface area (Å²) in [6.45, 7) is 6.75. The van der Waals surface area contributed by atoms with Gasteiger partial charge in [0, 0.05) is 12.6 Å². The van der Waals surface area contributed by atoms with Crippen LogP contribution in [0.25, 0.3) is 0 Å². The summed E-state index contributed by atoms with van der Waals surface area (Å²) in [5, 5.41) is 7.53. The van der Waals surface area contributed by atoms with Crippen LogP contribution in [0.3, 0.4) is 0 Å². The average molecular weight is 343 g/mol. The molecule has 134 valence electrons. The molecular weight excluding hydrogens is 318 g/mol. The van der Waals surface area contributed by atoms with Crippen LogP contribution in [0.4, 0.5) is 0 Å². The van der Waals surface area contributed by atoms with Crippen LogP contribution in [0, 0.1) is 0 Å². The second kappa shape index (κ2) is 8.22. The molecule has 2 heterocycles. The maximum absolute atomic E-state index is 12.1. The molecule has 1 aromatic carbocycles. The SMILES string of the molecule is CC(C)NC(=O)CN1CCOCC1c1ncn(Cc2ccccc2)n1. The minimum atomic E-state index is -0.0938. The summed E-state index contributed by atoms with van der Waals surface area (Å²) in [5.41, 5.74) is 1.17. The third kappa shape index (κ3) is 4.87. The third-order valence-corrected chi connectivity index (χ3v) is 4.08. The van der Waals surface area contributed by atoms with Gasteiger partial charge in [0.1, 0.15) is 6.33 Å². The quantitative estimate of drug-likeness (QED) is 0.854. The highest BCUT2D eigenvalue weighted by Crippen LogP contribution is 2.20. The van der Waals surface area contributed by atoms with Crippen molar-refractivity contribution in [2.45, 2.75) is 32.5 Å². The van der Waals surface area contributed by atoms with E-state index in [-0.39, 0.29) is 18.0 Å². The average Bonchev–Trinajstić information content (AvgIpc) is 3.04. The molecule has 1 aliphatic rings. The molecule has 1 unspecified atom stereocenters. The van der Waals surface area contributed by atoms with Gasteiger partial charge in [-0.3, -0.25) is 9.69 Å².